The number of alkyl halides is 6. The van der Waals surface area contributed by atoms with Crippen LogP contribution in [0.2, 0.25) is 0 Å². The molecule has 3 heterocycles. The smallest absolute Gasteiger partial charge is 0.418 e. The van der Waals surface area contributed by atoms with Crippen LogP contribution in [0.4, 0.5) is 32.0 Å². The van der Waals surface area contributed by atoms with E-state index in [4.69, 9.17) is 5.73 Å². The van der Waals surface area contributed by atoms with Crippen LogP contribution >= 0.6 is 0 Å². The van der Waals surface area contributed by atoms with Crippen LogP contribution in [0.1, 0.15) is 33.1 Å². The molecule has 0 radical (unpaired) electrons. The van der Waals surface area contributed by atoms with Crippen LogP contribution < -0.4 is 17.0 Å². The molecule has 5 rings (SSSR count). The highest BCUT2D eigenvalue weighted by Crippen LogP contribution is 2.37. The van der Waals surface area contributed by atoms with Crippen LogP contribution in [0.5, 0.6) is 0 Å². The van der Waals surface area contributed by atoms with Crippen molar-refractivity contribution >= 4 is 32.4 Å². The maximum atomic E-state index is 13.5. The van der Waals surface area contributed by atoms with Crippen molar-refractivity contribution in [2.24, 2.45) is 0 Å². The van der Waals surface area contributed by atoms with Crippen LogP contribution in [0.15, 0.2) is 58.6 Å². The maximum absolute atomic E-state index is 13.5. The van der Waals surface area contributed by atoms with E-state index in [1.54, 1.807) is 6.92 Å². The molecular weight excluding hydrogens is 676 g/mol. The van der Waals surface area contributed by atoms with Gasteiger partial charge in [-0.3, -0.25) is 4.79 Å². The summed E-state index contributed by atoms with van der Waals surface area (Å²) in [5, 5.41) is -0.255. The predicted molar refractivity (Wildman–Crippen MR) is 160 cm³/mol. The molecule has 0 unspecified atom stereocenters. The number of nitrogens with zero attached hydrogens (tertiary/aromatic N) is 5. The molecule has 0 spiro atoms. The van der Waals surface area contributed by atoms with Gasteiger partial charge in [-0.15, -0.1) is 0 Å². The Morgan fingerprint density at radius 3 is 1.83 bits per heavy atom. The Morgan fingerprint density at radius 2 is 1.40 bits per heavy atom. The van der Waals surface area contributed by atoms with E-state index in [1.165, 1.54) is 36.3 Å². The van der Waals surface area contributed by atoms with Crippen molar-refractivity contribution in [3.05, 3.63) is 98.2 Å². The number of nitrogens with two attached hydrogens (primary N) is 1. The van der Waals surface area contributed by atoms with Crippen LogP contribution in [0, 0.1) is 13.8 Å². The van der Waals surface area contributed by atoms with E-state index in [2.05, 4.69) is 19.7 Å². The molecule has 0 atom stereocenters. The number of esters is 1. The highest BCUT2D eigenvalue weighted by Gasteiger charge is 2.36. The molecule has 256 valence electrons. The average molecular weight is 702 g/mol. The number of carbonyl (C=O) groups excluding carboxylic acids is 1. The minimum absolute atomic E-state index is 0.131. The largest absolute Gasteiger partial charge is 0.465 e. The van der Waals surface area contributed by atoms with Crippen molar-refractivity contribution in [2.75, 3.05) is 19.1 Å². The van der Waals surface area contributed by atoms with Gasteiger partial charge in [-0.1, -0.05) is 0 Å². The molecule has 0 aliphatic carbocycles. The number of rotatable bonds is 5. The maximum Gasteiger partial charge on any atom is 0.418 e. The van der Waals surface area contributed by atoms with E-state index in [1.807, 2.05) is 0 Å². The number of hydrogen-bond donors (Lipinski definition) is 2. The Hall–Kier alpha value is -5.40. The summed E-state index contributed by atoms with van der Waals surface area (Å²) < 4.78 is 110. The van der Waals surface area contributed by atoms with Gasteiger partial charge in [0, 0.05) is 36.7 Å². The highest BCUT2D eigenvalue weighted by atomic mass is 32.2. The van der Waals surface area contributed by atoms with E-state index in [-0.39, 0.29) is 39.4 Å². The van der Waals surface area contributed by atoms with Gasteiger partial charge in [0.2, 0.25) is 0 Å². The quantitative estimate of drug-likeness (QED) is 0.157. The molecule has 0 bridgehead atoms. The molecule has 13 nitrogen and oxygen atoms in total. The van der Waals surface area contributed by atoms with Gasteiger partial charge >= 0.3 is 24.0 Å². The third kappa shape index (κ3) is 7.27. The number of H-pyrrole nitrogens is 1. The number of anilines is 1. The number of carbonyl (C=O) groups is 1. The number of methoxy groups -OCH3 is 1. The first-order chi connectivity index (χ1) is 22.1. The summed E-state index contributed by atoms with van der Waals surface area (Å²) >= 11 is 0. The lowest BCUT2D eigenvalue weighted by atomic mass is 10.1. The lowest BCUT2D eigenvalue weighted by Crippen LogP contribution is -2.37. The molecule has 3 aromatic heterocycles. The second-order valence-electron chi connectivity index (χ2n) is 10.3. The average Bonchev–Trinajstić information content (AvgIpc) is 3.60. The van der Waals surface area contributed by atoms with Crippen molar-refractivity contribution in [3.63, 3.8) is 0 Å². The van der Waals surface area contributed by atoms with Gasteiger partial charge in [-0.2, -0.15) is 26.3 Å². The fraction of sp³-hybridized carbons (Fsp3) is 0.250. The summed E-state index contributed by atoms with van der Waals surface area (Å²) in [6, 6.07) is 3.39. The number of halogens is 6. The number of sulfone groups is 1. The number of nitrogen functional groups attached to an aromatic ring is 1. The number of ether oxygens (including phenoxy) is 1. The summed E-state index contributed by atoms with van der Waals surface area (Å²) in [6.45, 7) is 3.04. The van der Waals surface area contributed by atoms with E-state index in [0.717, 1.165) is 36.1 Å². The minimum atomic E-state index is -4.77. The Labute approximate surface area is 266 Å². The van der Waals surface area contributed by atoms with Crippen molar-refractivity contribution in [1.82, 2.24) is 28.7 Å². The Bertz CT molecular complexity index is 2270. The zero-order chi connectivity index (χ0) is 35.9. The number of aromatic amines is 1. The third-order valence-corrected chi connectivity index (χ3v) is 7.54. The topological polar surface area (TPSA) is 177 Å². The number of fused-ring (bicyclic) bond motifs is 1. The zero-order valence-electron chi connectivity index (χ0n) is 25.3. The van der Waals surface area contributed by atoms with Gasteiger partial charge in [0.1, 0.15) is 17.5 Å². The van der Waals surface area contributed by atoms with Gasteiger partial charge in [-0.05, 0) is 38.1 Å². The van der Waals surface area contributed by atoms with Crippen molar-refractivity contribution in [1.29, 1.82) is 0 Å². The van der Waals surface area contributed by atoms with E-state index < -0.39 is 56.4 Å². The Kier molecular flexibility index (Phi) is 9.35. The molecule has 5 aromatic rings. The molecule has 3 N–H and O–H groups in total. The molecule has 0 saturated carbocycles. The monoisotopic (exact) mass is 701 g/mol. The van der Waals surface area contributed by atoms with E-state index >= 15 is 0 Å². The highest BCUT2D eigenvalue weighted by molar-refractivity contribution is 7.89. The Morgan fingerprint density at radius 1 is 0.896 bits per heavy atom. The molecule has 2 aromatic carbocycles. The lowest BCUT2D eigenvalue weighted by molar-refractivity contribution is -0.138. The van der Waals surface area contributed by atoms with Gasteiger partial charge in [0.25, 0.3) is 5.56 Å². The number of benzene rings is 2. The molecule has 0 amide bonds. The van der Waals surface area contributed by atoms with Gasteiger partial charge in [-0.25, -0.2) is 32.5 Å². The fourth-order valence-corrected chi connectivity index (χ4v) is 5.35. The van der Waals surface area contributed by atoms with E-state index in [9.17, 15) is 49.1 Å². The fourth-order valence-electron chi connectivity index (χ4n) is 4.65. The SMILES string of the molecule is COC(=O)c1cc(-n2ccnc2C)c(C(F)(F)F)cc1N.Cc1nccn1-c1cc2c(=O)n(CS(C)(=O)=O)c(=O)[nH]c2cc1C(F)(F)F. The minimum Gasteiger partial charge on any atom is -0.465 e. The van der Waals surface area contributed by atoms with Crippen LogP contribution in [-0.4, -0.2) is 56.4 Å². The van der Waals surface area contributed by atoms with Gasteiger partial charge < -0.3 is 24.6 Å². The normalized spacial score (nSPS) is 12.1. The first-order valence-electron chi connectivity index (χ1n) is 13.3. The molecule has 0 saturated heterocycles. The van der Waals surface area contributed by atoms with Crippen LogP contribution in [0.3, 0.4) is 0 Å². The first-order valence-corrected chi connectivity index (χ1v) is 15.4. The third-order valence-electron chi connectivity index (χ3n) is 6.82. The molecule has 48 heavy (non-hydrogen) atoms. The Balaban J connectivity index is 0.000000224. The van der Waals surface area contributed by atoms with Crippen LogP contribution in [-0.2, 0) is 32.8 Å². The molecule has 0 aliphatic rings. The molecule has 0 fully saturated rings. The predicted octanol–water partition coefficient (Wildman–Crippen LogP) is 3.77. The summed E-state index contributed by atoms with van der Waals surface area (Å²) in [7, 11) is -2.61. The number of aryl methyl sites for hydroxylation is 2. The summed E-state index contributed by atoms with van der Waals surface area (Å²) in [6.07, 6.45) is -3.22. The first kappa shape index (κ1) is 35.5. The zero-order valence-corrected chi connectivity index (χ0v) is 26.1. The molecule has 0 aliphatic heterocycles. The number of nitrogens with one attached hydrogen (secondary N) is 1. The number of aromatic nitrogens is 6. The lowest BCUT2D eigenvalue weighted by Gasteiger charge is -2.17. The van der Waals surface area contributed by atoms with Gasteiger partial charge in [0.15, 0.2) is 9.84 Å². The van der Waals surface area contributed by atoms with Crippen molar-refractivity contribution < 1.29 is 44.3 Å². The van der Waals surface area contributed by atoms with Gasteiger partial charge in [0.05, 0.1) is 46.1 Å². The molecular formula is C28H25F6N7O6S. The summed E-state index contributed by atoms with van der Waals surface area (Å²) in [5.74, 6) is -1.10. The van der Waals surface area contributed by atoms with Crippen molar-refractivity contribution in [2.45, 2.75) is 32.1 Å². The van der Waals surface area contributed by atoms with Crippen molar-refractivity contribution in [3.8, 4) is 11.4 Å². The second-order valence-corrected chi connectivity index (χ2v) is 12.4. The number of hydrogen-bond acceptors (Lipinski definition) is 9. The number of imidazole rings is 2. The van der Waals surface area contributed by atoms with E-state index in [0.29, 0.717) is 16.5 Å². The molecule has 20 heteroatoms. The summed E-state index contributed by atoms with van der Waals surface area (Å²) in [4.78, 5) is 46.1. The standard InChI is InChI=1S/C15H13F3N4O4S.C13H12F3N3O2/c1-8-19-3-4-21(8)12-5-9-11(6-10(12)15(16,17)18)20-14(24)22(13(9)23)7-27(2,25)26;1-7-18-3-4-19(7)11-5-8(12(20)21-2)10(17)6-9(11)13(14,15)16/h3-6H,7H2,1-2H3,(H,20,24);3-6H,17H2,1-2H3. The van der Waals surface area contributed by atoms with Crippen LogP contribution in [0.25, 0.3) is 22.3 Å². The second kappa shape index (κ2) is 12.7. The summed E-state index contributed by atoms with van der Waals surface area (Å²) in [5.41, 5.74) is 0.0202.